The summed E-state index contributed by atoms with van der Waals surface area (Å²) < 4.78 is 11.6. The van der Waals surface area contributed by atoms with Crippen LogP contribution in [0.4, 0.5) is 0 Å². The molecule has 3 aromatic rings. The Kier molecular flexibility index (Phi) is 8.15. The monoisotopic (exact) mass is 491 g/mol. The van der Waals surface area contributed by atoms with Gasteiger partial charge in [0.15, 0.2) is 0 Å². The molecular weight excluding hydrogens is 458 g/mol. The highest BCUT2D eigenvalue weighted by Crippen LogP contribution is 2.34. The minimum absolute atomic E-state index is 0.0425. The highest BCUT2D eigenvalue weighted by Gasteiger charge is 2.37. The third-order valence-electron chi connectivity index (χ3n) is 6.61. The fraction of sp³-hybridized carbons (Fsp3) is 0.367. The van der Waals surface area contributed by atoms with E-state index < -0.39 is 5.54 Å². The van der Waals surface area contributed by atoms with Crippen LogP contribution in [0.1, 0.15) is 64.4 Å². The molecule has 0 aliphatic carbocycles. The zero-order valence-electron chi connectivity index (χ0n) is 20.8. The first kappa shape index (κ1) is 25.3. The van der Waals surface area contributed by atoms with Gasteiger partial charge in [0.2, 0.25) is 0 Å². The molecule has 0 atom stereocenters. The summed E-state index contributed by atoms with van der Waals surface area (Å²) in [4.78, 5) is 13.8. The van der Waals surface area contributed by atoms with E-state index in [1.54, 1.807) is 6.07 Å². The second-order valence-corrected chi connectivity index (χ2v) is 9.95. The van der Waals surface area contributed by atoms with Crippen molar-refractivity contribution in [1.29, 1.82) is 0 Å². The first-order chi connectivity index (χ1) is 16.9. The topological polar surface area (TPSA) is 47.6 Å². The van der Waals surface area contributed by atoms with Gasteiger partial charge in [0, 0.05) is 23.8 Å². The quantitative estimate of drug-likeness (QED) is 0.372. The van der Waals surface area contributed by atoms with Gasteiger partial charge in [-0.1, -0.05) is 72.5 Å². The molecule has 3 aromatic carbocycles. The van der Waals surface area contributed by atoms with E-state index in [0.717, 1.165) is 42.4 Å². The summed E-state index contributed by atoms with van der Waals surface area (Å²) in [6.45, 7) is 7.96. The van der Waals surface area contributed by atoms with Crippen LogP contribution in [0.3, 0.4) is 0 Å². The second-order valence-electron chi connectivity index (χ2n) is 9.51. The van der Waals surface area contributed by atoms with Gasteiger partial charge in [-0.2, -0.15) is 0 Å². The Hall–Kier alpha value is -2.82. The predicted octanol–water partition coefficient (Wildman–Crippen LogP) is 6.92. The van der Waals surface area contributed by atoms with Crippen molar-refractivity contribution in [3.63, 3.8) is 0 Å². The van der Waals surface area contributed by atoms with Gasteiger partial charge in [-0.05, 0) is 74.1 Å². The van der Waals surface area contributed by atoms with Crippen LogP contribution in [0.5, 0.6) is 5.75 Å². The Balaban J connectivity index is 1.62. The molecule has 1 fully saturated rings. The van der Waals surface area contributed by atoms with E-state index in [1.807, 2.05) is 30.3 Å². The fourth-order valence-corrected chi connectivity index (χ4v) is 5.06. The molecular formula is C30H34ClNO3. The van der Waals surface area contributed by atoms with Crippen LogP contribution >= 0.6 is 11.6 Å². The number of amides is 1. The Bertz CT molecular complexity index is 1160. The van der Waals surface area contributed by atoms with Gasteiger partial charge in [-0.3, -0.25) is 4.79 Å². The molecule has 0 unspecified atom stereocenters. The molecule has 1 aliphatic heterocycles. The summed E-state index contributed by atoms with van der Waals surface area (Å²) in [6, 6.07) is 20.0. The van der Waals surface area contributed by atoms with Crippen molar-refractivity contribution in [2.75, 3.05) is 13.2 Å². The largest absolute Gasteiger partial charge is 0.489 e. The van der Waals surface area contributed by atoms with Gasteiger partial charge in [0.25, 0.3) is 5.91 Å². The highest BCUT2D eigenvalue weighted by atomic mass is 35.5. The Morgan fingerprint density at radius 2 is 1.77 bits per heavy atom. The van der Waals surface area contributed by atoms with E-state index in [9.17, 15) is 4.79 Å². The zero-order chi connectivity index (χ0) is 24.8. The van der Waals surface area contributed by atoms with Crippen LogP contribution < -0.4 is 10.1 Å². The second kappa shape index (κ2) is 11.3. The van der Waals surface area contributed by atoms with Crippen molar-refractivity contribution in [3.05, 3.63) is 99.1 Å². The molecule has 1 saturated heterocycles. The lowest BCUT2D eigenvalue weighted by Gasteiger charge is -2.39. The van der Waals surface area contributed by atoms with E-state index in [-0.39, 0.29) is 5.91 Å². The van der Waals surface area contributed by atoms with Crippen LogP contribution in [-0.2, 0) is 23.3 Å². The van der Waals surface area contributed by atoms with Crippen LogP contribution in [0.15, 0.2) is 60.7 Å². The molecule has 184 valence electrons. The highest BCUT2D eigenvalue weighted by molar-refractivity contribution is 6.30. The minimum atomic E-state index is -0.442. The number of carbonyl (C=O) groups is 1. The van der Waals surface area contributed by atoms with Gasteiger partial charge in [-0.25, -0.2) is 0 Å². The van der Waals surface area contributed by atoms with Gasteiger partial charge in [-0.15, -0.1) is 0 Å². The summed E-state index contributed by atoms with van der Waals surface area (Å²) in [5.41, 5.74) is 5.84. The Morgan fingerprint density at radius 1 is 1.03 bits per heavy atom. The zero-order valence-corrected chi connectivity index (χ0v) is 21.6. The molecule has 1 amide bonds. The SMILES string of the molecule is CCCc1ccc(COc2cccc(Cl)c2)cc1C(=O)NC1(c2cc(C)cc(C)c2)CCOCC1. The predicted molar refractivity (Wildman–Crippen MR) is 141 cm³/mol. The number of hydrogen-bond donors (Lipinski definition) is 1. The van der Waals surface area contributed by atoms with Crippen molar-refractivity contribution in [3.8, 4) is 5.75 Å². The third kappa shape index (κ3) is 6.25. The van der Waals surface area contributed by atoms with E-state index in [4.69, 9.17) is 21.1 Å². The molecule has 35 heavy (non-hydrogen) atoms. The molecule has 0 aromatic heterocycles. The number of nitrogens with one attached hydrogen (secondary N) is 1. The summed E-state index contributed by atoms with van der Waals surface area (Å²) in [5, 5.41) is 4.08. The summed E-state index contributed by atoms with van der Waals surface area (Å²) in [7, 11) is 0. The minimum Gasteiger partial charge on any atom is -0.489 e. The van der Waals surface area contributed by atoms with Crippen LogP contribution in [0.2, 0.25) is 5.02 Å². The standard InChI is InChI=1S/C30H34ClNO3/c1-4-6-24-10-9-23(20-35-27-8-5-7-26(31)19-27)18-28(24)29(33)32-30(11-13-34-14-12-30)25-16-21(2)15-22(3)17-25/h5,7-10,15-19H,4,6,11-14,20H2,1-3H3,(H,32,33). The first-order valence-corrected chi connectivity index (χ1v) is 12.8. The molecule has 5 heteroatoms. The van der Waals surface area contributed by atoms with Crippen molar-refractivity contribution in [1.82, 2.24) is 5.32 Å². The van der Waals surface area contributed by atoms with Crippen molar-refractivity contribution >= 4 is 17.5 Å². The summed E-state index contributed by atoms with van der Waals surface area (Å²) in [6.07, 6.45) is 3.32. The molecule has 0 radical (unpaired) electrons. The van der Waals surface area contributed by atoms with Crippen LogP contribution in [0.25, 0.3) is 0 Å². The average Bonchev–Trinajstić information content (AvgIpc) is 2.83. The molecule has 0 saturated carbocycles. The molecule has 1 aliphatic rings. The summed E-state index contributed by atoms with van der Waals surface area (Å²) >= 11 is 6.08. The molecule has 0 spiro atoms. The summed E-state index contributed by atoms with van der Waals surface area (Å²) in [5.74, 6) is 0.663. The normalized spacial score (nSPS) is 15.0. The third-order valence-corrected chi connectivity index (χ3v) is 6.85. The molecule has 1 N–H and O–H groups in total. The fourth-order valence-electron chi connectivity index (χ4n) is 4.88. The van der Waals surface area contributed by atoms with E-state index in [2.05, 4.69) is 50.4 Å². The number of carbonyl (C=O) groups excluding carboxylic acids is 1. The molecule has 1 heterocycles. The Labute approximate surface area is 213 Å². The lowest BCUT2D eigenvalue weighted by atomic mass is 9.81. The van der Waals surface area contributed by atoms with Gasteiger partial charge >= 0.3 is 0 Å². The Morgan fingerprint density at radius 3 is 2.46 bits per heavy atom. The van der Waals surface area contributed by atoms with E-state index in [0.29, 0.717) is 36.2 Å². The average molecular weight is 492 g/mol. The number of hydrogen-bond acceptors (Lipinski definition) is 3. The van der Waals surface area contributed by atoms with Gasteiger partial charge in [0.05, 0.1) is 5.54 Å². The van der Waals surface area contributed by atoms with Gasteiger partial charge in [0.1, 0.15) is 12.4 Å². The number of benzene rings is 3. The molecule has 0 bridgehead atoms. The van der Waals surface area contributed by atoms with Crippen molar-refractivity contribution < 1.29 is 14.3 Å². The maximum atomic E-state index is 13.8. The van der Waals surface area contributed by atoms with Gasteiger partial charge < -0.3 is 14.8 Å². The van der Waals surface area contributed by atoms with Crippen molar-refractivity contribution in [2.24, 2.45) is 0 Å². The smallest absolute Gasteiger partial charge is 0.252 e. The number of aryl methyl sites for hydroxylation is 3. The lowest BCUT2D eigenvalue weighted by Crippen LogP contribution is -2.49. The van der Waals surface area contributed by atoms with Crippen molar-refractivity contribution in [2.45, 2.75) is 58.6 Å². The lowest BCUT2D eigenvalue weighted by molar-refractivity contribution is 0.0344. The number of rotatable bonds is 8. The maximum Gasteiger partial charge on any atom is 0.252 e. The molecule has 4 nitrogen and oxygen atoms in total. The number of ether oxygens (including phenoxy) is 2. The van der Waals surface area contributed by atoms with Crippen LogP contribution in [-0.4, -0.2) is 19.1 Å². The van der Waals surface area contributed by atoms with Crippen LogP contribution in [0, 0.1) is 13.8 Å². The first-order valence-electron chi connectivity index (χ1n) is 12.4. The van der Waals surface area contributed by atoms with E-state index >= 15 is 0 Å². The maximum absolute atomic E-state index is 13.8. The van der Waals surface area contributed by atoms with E-state index in [1.165, 1.54) is 11.1 Å². The number of halogens is 1. The molecule has 4 rings (SSSR count).